The van der Waals surface area contributed by atoms with E-state index in [1.54, 1.807) is 12.4 Å². The van der Waals surface area contributed by atoms with Gasteiger partial charge in [-0.05, 0) is 52.3 Å². The van der Waals surface area contributed by atoms with E-state index in [-0.39, 0.29) is 11.9 Å². The molecular weight excluding hydrogens is 330 g/mol. The molecule has 0 radical (unpaired) electrons. The lowest BCUT2D eigenvalue weighted by molar-refractivity contribution is 0.0915. The number of carbonyl (C=O) groups is 1. The van der Waals surface area contributed by atoms with Crippen molar-refractivity contribution in [2.75, 3.05) is 13.1 Å². The summed E-state index contributed by atoms with van der Waals surface area (Å²) in [7, 11) is 0. The summed E-state index contributed by atoms with van der Waals surface area (Å²) in [6, 6.07) is 5.90. The van der Waals surface area contributed by atoms with E-state index < -0.39 is 0 Å². The van der Waals surface area contributed by atoms with Gasteiger partial charge in [0, 0.05) is 40.4 Å². The molecule has 0 saturated carbocycles. The lowest BCUT2D eigenvalue weighted by atomic mass is 9.94. The lowest BCUT2D eigenvalue weighted by Crippen LogP contribution is -2.50. The van der Waals surface area contributed by atoms with Crippen molar-refractivity contribution >= 4 is 32.6 Å². The smallest absolute Gasteiger partial charge is 0.251 e. The number of hydrogen-bond donors (Lipinski definition) is 2. The number of pyridine rings is 1. The third-order valence-corrected chi connectivity index (χ3v) is 4.75. The van der Waals surface area contributed by atoms with Gasteiger partial charge in [0.1, 0.15) is 0 Å². The zero-order valence-electron chi connectivity index (χ0n) is 11.9. The Morgan fingerprint density at radius 3 is 3.10 bits per heavy atom. The standard InChI is InChI=1S/C16H18BrN3O/c1-10-4-5-18-9-15(10)20-16(21)11-2-3-12-7-19-8-14(17)13(12)6-11/h2-3,6-8,10,15,18H,4-5,9H2,1H3,(H,20,21). The molecule has 1 aromatic carbocycles. The third-order valence-electron chi connectivity index (χ3n) is 4.12. The summed E-state index contributed by atoms with van der Waals surface area (Å²) in [6.07, 6.45) is 4.64. The normalized spacial score (nSPS) is 22.2. The van der Waals surface area contributed by atoms with Gasteiger partial charge in [0.15, 0.2) is 0 Å². The van der Waals surface area contributed by atoms with E-state index >= 15 is 0 Å². The van der Waals surface area contributed by atoms with Gasteiger partial charge in [0.2, 0.25) is 0 Å². The fourth-order valence-electron chi connectivity index (χ4n) is 2.70. The van der Waals surface area contributed by atoms with E-state index in [0.717, 1.165) is 34.8 Å². The van der Waals surface area contributed by atoms with E-state index in [1.165, 1.54) is 0 Å². The molecule has 110 valence electrons. The molecule has 2 aromatic rings. The van der Waals surface area contributed by atoms with Crippen LogP contribution in [0.4, 0.5) is 0 Å². The van der Waals surface area contributed by atoms with Gasteiger partial charge in [-0.1, -0.05) is 13.0 Å². The molecule has 1 fully saturated rings. The highest BCUT2D eigenvalue weighted by Crippen LogP contribution is 2.23. The van der Waals surface area contributed by atoms with Crippen molar-refractivity contribution in [1.29, 1.82) is 0 Å². The van der Waals surface area contributed by atoms with Crippen molar-refractivity contribution in [3.05, 3.63) is 40.6 Å². The molecule has 1 saturated heterocycles. The topological polar surface area (TPSA) is 54.0 Å². The van der Waals surface area contributed by atoms with Crippen LogP contribution in [0.5, 0.6) is 0 Å². The molecule has 1 aromatic heterocycles. The summed E-state index contributed by atoms with van der Waals surface area (Å²) in [5.41, 5.74) is 0.687. The molecular formula is C16H18BrN3O. The SMILES string of the molecule is CC1CCNCC1NC(=O)c1ccc2cncc(Br)c2c1. The minimum atomic E-state index is -0.0128. The molecule has 5 heteroatoms. The van der Waals surface area contributed by atoms with Crippen LogP contribution in [-0.2, 0) is 0 Å². The Kier molecular flexibility index (Phi) is 4.22. The number of carbonyl (C=O) groups excluding carboxylic acids is 1. The van der Waals surface area contributed by atoms with E-state index in [0.29, 0.717) is 11.5 Å². The second-order valence-corrected chi connectivity index (χ2v) is 6.46. The Bertz CT molecular complexity index is 674. The van der Waals surface area contributed by atoms with Crippen molar-refractivity contribution < 1.29 is 4.79 Å². The summed E-state index contributed by atoms with van der Waals surface area (Å²) in [5, 5.41) is 8.50. The van der Waals surface area contributed by atoms with Crippen LogP contribution >= 0.6 is 15.9 Å². The highest BCUT2D eigenvalue weighted by Gasteiger charge is 2.23. The number of aromatic nitrogens is 1. The quantitative estimate of drug-likeness (QED) is 0.878. The molecule has 21 heavy (non-hydrogen) atoms. The molecule has 1 amide bonds. The molecule has 4 nitrogen and oxygen atoms in total. The summed E-state index contributed by atoms with van der Waals surface area (Å²) < 4.78 is 0.905. The number of amides is 1. The Morgan fingerprint density at radius 1 is 1.43 bits per heavy atom. The first-order valence-corrected chi connectivity index (χ1v) is 7.99. The Labute approximate surface area is 132 Å². The zero-order valence-corrected chi connectivity index (χ0v) is 13.5. The van der Waals surface area contributed by atoms with Gasteiger partial charge in [-0.3, -0.25) is 9.78 Å². The first-order chi connectivity index (χ1) is 10.1. The number of benzene rings is 1. The first kappa shape index (κ1) is 14.5. The minimum Gasteiger partial charge on any atom is -0.348 e. The number of fused-ring (bicyclic) bond motifs is 1. The van der Waals surface area contributed by atoms with Gasteiger partial charge >= 0.3 is 0 Å². The van der Waals surface area contributed by atoms with Crippen LogP contribution in [0, 0.1) is 5.92 Å². The second-order valence-electron chi connectivity index (χ2n) is 5.61. The van der Waals surface area contributed by atoms with E-state index in [2.05, 4.69) is 38.5 Å². The van der Waals surface area contributed by atoms with Crippen LogP contribution < -0.4 is 10.6 Å². The van der Waals surface area contributed by atoms with Crippen LogP contribution in [0.3, 0.4) is 0 Å². The van der Waals surface area contributed by atoms with Gasteiger partial charge < -0.3 is 10.6 Å². The largest absolute Gasteiger partial charge is 0.348 e. The van der Waals surface area contributed by atoms with Gasteiger partial charge in [0.25, 0.3) is 5.91 Å². The number of piperidine rings is 1. The lowest BCUT2D eigenvalue weighted by Gasteiger charge is -2.30. The van der Waals surface area contributed by atoms with Gasteiger partial charge in [-0.2, -0.15) is 0 Å². The van der Waals surface area contributed by atoms with Crippen molar-refractivity contribution in [2.24, 2.45) is 5.92 Å². The predicted molar refractivity (Wildman–Crippen MR) is 87.3 cm³/mol. The maximum absolute atomic E-state index is 12.4. The van der Waals surface area contributed by atoms with E-state index in [4.69, 9.17) is 0 Å². The monoisotopic (exact) mass is 347 g/mol. The fraction of sp³-hybridized carbons (Fsp3) is 0.375. The second kappa shape index (κ2) is 6.12. The molecule has 2 N–H and O–H groups in total. The summed E-state index contributed by atoms with van der Waals surface area (Å²) in [4.78, 5) is 16.6. The van der Waals surface area contributed by atoms with Crippen LogP contribution in [-0.4, -0.2) is 30.0 Å². The molecule has 1 aliphatic rings. The third kappa shape index (κ3) is 3.09. The van der Waals surface area contributed by atoms with Gasteiger partial charge in [-0.15, -0.1) is 0 Å². The fourth-order valence-corrected chi connectivity index (χ4v) is 3.17. The van der Waals surface area contributed by atoms with Crippen molar-refractivity contribution in [1.82, 2.24) is 15.6 Å². The average molecular weight is 348 g/mol. The molecule has 1 aliphatic heterocycles. The van der Waals surface area contributed by atoms with Crippen molar-refractivity contribution in [2.45, 2.75) is 19.4 Å². The molecule has 0 bridgehead atoms. The van der Waals surface area contributed by atoms with Crippen molar-refractivity contribution in [3.63, 3.8) is 0 Å². The molecule has 3 rings (SSSR count). The Balaban J connectivity index is 1.82. The van der Waals surface area contributed by atoms with Crippen molar-refractivity contribution in [3.8, 4) is 0 Å². The molecule has 0 spiro atoms. The molecule has 2 atom stereocenters. The van der Waals surface area contributed by atoms with Gasteiger partial charge in [0.05, 0.1) is 0 Å². The van der Waals surface area contributed by atoms with Gasteiger partial charge in [-0.25, -0.2) is 0 Å². The number of hydrogen-bond acceptors (Lipinski definition) is 3. The summed E-state index contributed by atoms with van der Waals surface area (Å²) in [5.74, 6) is 0.493. The molecule has 2 unspecified atom stereocenters. The highest BCUT2D eigenvalue weighted by molar-refractivity contribution is 9.10. The predicted octanol–water partition coefficient (Wildman–Crippen LogP) is 2.73. The van der Waals surface area contributed by atoms with E-state index in [9.17, 15) is 4.79 Å². The maximum atomic E-state index is 12.4. The number of halogens is 1. The average Bonchev–Trinajstić information content (AvgIpc) is 2.50. The maximum Gasteiger partial charge on any atom is 0.251 e. The zero-order chi connectivity index (χ0) is 14.8. The summed E-state index contributed by atoms with van der Waals surface area (Å²) in [6.45, 7) is 4.06. The molecule has 2 heterocycles. The van der Waals surface area contributed by atoms with E-state index in [1.807, 2.05) is 18.2 Å². The van der Waals surface area contributed by atoms with Crippen LogP contribution in [0.25, 0.3) is 10.8 Å². The van der Waals surface area contributed by atoms with Crippen LogP contribution in [0.1, 0.15) is 23.7 Å². The van der Waals surface area contributed by atoms with Crippen LogP contribution in [0.15, 0.2) is 35.1 Å². The first-order valence-electron chi connectivity index (χ1n) is 7.20. The Hall–Kier alpha value is -1.46. The minimum absolute atomic E-state index is 0.0128. The number of rotatable bonds is 2. The Morgan fingerprint density at radius 2 is 2.29 bits per heavy atom. The highest BCUT2D eigenvalue weighted by atomic mass is 79.9. The number of nitrogens with zero attached hydrogens (tertiary/aromatic N) is 1. The molecule has 0 aliphatic carbocycles. The number of nitrogens with one attached hydrogen (secondary N) is 2. The van der Waals surface area contributed by atoms with Crippen LogP contribution in [0.2, 0.25) is 0 Å². The summed E-state index contributed by atoms with van der Waals surface area (Å²) >= 11 is 3.48.